The van der Waals surface area contributed by atoms with E-state index in [0.717, 1.165) is 0 Å². The third-order valence-electron chi connectivity index (χ3n) is 2.91. The second-order valence-electron chi connectivity index (χ2n) is 4.45. The van der Waals surface area contributed by atoms with Crippen LogP contribution in [0.4, 0.5) is 5.69 Å². The molecule has 0 saturated carbocycles. The Labute approximate surface area is 134 Å². The van der Waals surface area contributed by atoms with Crippen LogP contribution in [-0.2, 0) is 9.53 Å². The van der Waals surface area contributed by atoms with Crippen LogP contribution in [0.5, 0.6) is 0 Å². The van der Waals surface area contributed by atoms with Crippen LogP contribution in [0, 0.1) is 0 Å². The topological polar surface area (TPSA) is 61.8 Å². The van der Waals surface area contributed by atoms with Gasteiger partial charge >= 0.3 is 0 Å². The lowest BCUT2D eigenvalue weighted by Crippen LogP contribution is -2.33. The second-order valence-corrected chi connectivity index (χ2v) is 5.27. The minimum Gasteiger partial charge on any atom is -0.395 e. The van der Waals surface area contributed by atoms with Crippen LogP contribution >= 0.6 is 23.2 Å². The molecule has 0 bridgehead atoms. The van der Waals surface area contributed by atoms with Gasteiger partial charge in [-0.25, -0.2) is 0 Å². The predicted molar refractivity (Wildman–Crippen MR) is 85.1 cm³/mol. The van der Waals surface area contributed by atoms with Crippen molar-refractivity contribution in [3.8, 4) is 0 Å². The lowest BCUT2D eigenvalue weighted by atomic mass is 10.3. The van der Waals surface area contributed by atoms with Gasteiger partial charge in [0.05, 0.1) is 28.9 Å². The van der Waals surface area contributed by atoms with Gasteiger partial charge in [0.2, 0.25) is 5.91 Å². The highest BCUT2D eigenvalue weighted by Gasteiger charge is 2.11. The molecular weight excluding hydrogens is 315 g/mol. The van der Waals surface area contributed by atoms with Crippen molar-refractivity contribution in [1.82, 2.24) is 4.90 Å². The Balaban J connectivity index is 2.49. The summed E-state index contributed by atoms with van der Waals surface area (Å²) in [5.74, 6) is -0.176. The van der Waals surface area contributed by atoms with Crippen LogP contribution in [-0.4, -0.2) is 55.9 Å². The monoisotopic (exact) mass is 334 g/mol. The average Bonchev–Trinajstić information content (AvgIpc) is 2.46. The van der Waals surface area contributed by atoms with E-state index in [1.165, 1.54) is 0 Å². The van der Waals surface area contributed by atoms with E-state index in [0.29, 0.717) is 42.0 Å². The van der Waals surface area contributed by atoms with Gasteiger partial charge in [0, 0.05) is 33.2 Å². The molecule has 0 unspecified atom stereocenters. The normalized spacial score (nSPS) is 10.9. The van der Waals surface area contributed by atoms with Crippen LogP contribution in [0.3, 0.4) is 0 Å². The number of aliphatic hydroxyl groups excluding tert-OH is 1. The number of ether oxygens (including phenoxy) is 1. The van der Waals surface area contributed by atoms with E-state index >= 15 is 0 Å². The third kappa shape index (κ3) is 6.63. The highest BCUT2D eigenvalue weighted by Crippen LogP contribution is 2.29. The van der Waals surface area contributed by atoms with E-state index in [1.54, 1.807) is 25.3 Å². The summed E-state index contributed by atoms with van der Waals surface area (Å²) in [5, 5.41) is 12.5. The molecule has 0 aliphatic rings. The molecule has 2 N–H and O–H groups in total. The Kier molecular flexibility index (Phi) is 8.64. The lowest BCUT2D eigenvalue weighted by Gasteiger charge is -2.20. The van der Waals surface area contributed by atoms with Crippen molar-refractivity contribution in [1.29, 1.82) is 0 Å². The van der Waals surface area contributed by atoms with Gasteiger partial charge in [-0.2, -0.15) is 0 Å². The van der Waals surface area contributed by atoms with Crippen molar-refractivity contribution in [2.45, 2.75) is 6.42 Å². The van der Waals surface area contributed by atoms with E-state index in [9.17, 15) is 4.79 Å². The van der Waals surface area contributed by atoms with Gasteiger partial charge in [-0.3, -0.25) is 9.69 Å². The SMILES string of the molecule is COCCN(CCO)CCC(=O)Nc1c(Cl)cccc1Cl. The molecular formula is C14H20Cl2N2O3. The fourth-order valence-electron chi connectivity index (χ4n) is 1.78. The van der Waals surface area contributed by atoms with Gasteiger partial charge in [0.15, 0.2) is 0 Å². The summed E-state index contributed by atoms with van der Waals surface area (Å²) in [7, 11) is 1.61. The number of hydrogen-bond donors (Lipinski definition) is 2. The largest absolute Gasteiger partial charge is 0.395 e. The first-order valence-electron chi connectivity index (χ1n) is 6.64. The molecule has 1 aromatic rings. The van der Waals surface area contributed by atoms with Gasteiger partial charge in [-0.15, -0.1) is 0 Å². The quantitative estimate of drug-likeness (QED) is 0.727. The van der Waals surface area contributed by atoms with Crippen molar-refractivity contribution >= 4 is 34.8 Å². The molecule has 0 heterocycles. The molecule has 0 radical (unpaired) electrons. The fraction of sp³-hybridized carbons (Fsp3) is 0.500. The minimum atomic E-state index is -0.176. The molecule has 1 aromatic carbocycles. The molecule has 118 valence electrons. The van der Waals surface area contributed by atoms with Crippen molar-refractivity contribution in [3.63, 3.8) is 0 Å². The molecule has 0 spiro atoms. The Morgan fingerprint density at radius 1 is 1.29 bits per heavy atom. The molecule has 7 heteroatoms. The number of nitrogens with zero attached hydrogens (tertiary/aromatic N) is 1. The van der Waals surface area contributed by atoms with E-state index in [4.69, 9.17) is 33.0 Å². The predicted octanol–water partition coefficient (Wildman–Crippen LogP) is 2.26. The van der Waals surface area contributed by atoms with Crippen LogP contribution in [0.1, 0.15) is 6.42 Å². The van der Waals surface area contributed by atoms with Gasteiger partial charge in [0.1, 0.15) is 0 Å². The highest BCUT2D eigenvalue weighted by molar-refractivity contribution is 6.39. The Morgan fingerprint density at radius 2 is 1.95 bits per heavy atom. The maximum Gasteiger partial charge on any atom is 0.225 e. The number of aliphatic hydroxyl groups is 1. The molecule has 0 aliphatic carbocycles. The third-order valence-corrected chi connectivity index (χ3v) is 3.54. The molecule has 21 heavy (non-hydrogen) atoms. The van der Waals surface area contributed by atoms with E-state index < -0.39 is 0 Å². The number of halogens is 2. The summed E-state index contributed by atoms with van der Waals surface area (Å²) < 4.78 is 4.99. The van der Waals surface area contributed by atoms with Crippen molar-refractivity contribution in [2.75, 3.05) is 45.3 Å². The lowest BCUT2D eigenvalue weighted by molar-refractivity contribution is -0.116. The average molecular weight is 335 g/mol. The number of anilines is 1. The number of rotatable bonds is 9. The number of amides is 1. The Hall–Kier alpha value is -0.850. The summed E-state index contributed by atoms with van der Waals surface area (Å²) in [5.41, 5.74) is 0.427. The molecule has 0 aromatic heterocycles. The van der Waals surface area contributed by atoms with Gasteiger partial charge in [0.25, 0.3) is 0 Å². The van der Waals surface area contributed by atoms with E-state index in [-0.39, 0.29) is 18.9 Å². The zero-order valence-electron chi connectivity index (χ0n) is 11.9. The summed E-state index contributed by atoms with van der Waals surface area (Å²) in [6.07, 6.45) is 0.283. The van der Waals surface area contributed by atoms with Crippen molar-refractivity contribution in [2.24, 2.45) is 0 Å². The maximum absolute atomic E-state index is 12.0. The Bertz CT molecular complexity index is 438. The standard InChI is InChI=1S/C14H20Cl2N2O3/c1-21-10-8-18(7-9-19)6-5-13(20)17-14-11(15)3-2-4-12(14)16/h2-4,19H,5-10H2,1H3,(H,17,20). The molecule has 0 fully saturated rings. The van der Waals surface area contributed by atoms with E-state index in [1.807, 2.05) is 4.90 Å². The molecule has 1 amide bonds. The van der Waals surface area contributed by atoms with Gasteiger partial charge < -0.3 is 15.2 Å². The summed E-state index contributed by atoms with van der Waals surface area (Å²) >= 11 is 12.0. The first-order valence-corrected chi connectivity index (χ1v) is 7.40. The van der Waals surface area contributed by atoms with Crippen LogP contribution in [0.15, 0.2) is 18.2 Å². The van der Waals surface area contributed by atoms with Gasteiger partial charge in [-0.05, 0) is 12.1 Å². The number of para-hydroxylation sites is 1. The fourth-order valence-corrected chi connectivity index (χ4v) is 2.27. The number of carbonyl (C=O) groups excluding carboxylic acids is 1. The maximum atomic E-state index is 12.0. The molecule has 0 saturated heterocycles. The van der Waals surface area contributed by atoms with Crippen LogP contribution in [0.25, 0.3) is 0 Å². The number of methoxy groups -OCH3 is 1. The van der Waals surface area contributed by atoms with Crippen LogP contribution in [0.2, 0.25) is 10.0 Å². The summed E-state index contributed by atoms with van der Waals surface area (Å²) in [6.45, 7) is 2.29. The second kappa shape index (κ2) is 9.97. The zero-order chi connectivity index (χ0) is 15.7. The smallest absolute Gasteiger partial charge is 0.225 e. The molecule has 5 nitrogen and oxygen atoms in total. The first-order chi connectivity index (χ1) is 10.1. The van der Waals surface area contributed by atoms with Crippen molar-refractivity contribution < 1.29 is 14.6 Å². The number of nitrogens with one attached hydrogen (secondary N) is 1. The summed E-state index contributed by atoms with van der Waals surface area (Å²) in [6, 6.07) is 5.05. The Morgan fingerprint density at radius 3 is 2.52 bits per heavy atom. The van der Waals surface area contributed by atoms with Crippen molar-refractivity contribution in [3.05, 3.63) is 28.2 Å². The summed E-state index contributed by atoms with van der Waals surface area (Å²) in [4.78, 5) is 13.9. The highest BCUT2D eigenvalue weighted by atomic mass is 35.5. The zero-order valence-corrected chi connectivity index (χ0v) is 13.5. The number of hydrogen-bond acceptors (Lipinski definition) is 4. The van der Waals surface area contributed by atoms with Gasteiger partial charge in [-0.1, -0.05) is 29.3 Å². The first kappa shape index (κ1) is 18.2. The molecule has 0 atom stereocenters. The number of benzene rings is 1. The number of carbonyl (C=O) groups is 1. The van der Waals surface area contributed by atoms with E-state index in [2.05, 4.69) is 5.32 Å². The molecule has 0 aliphatic heterocycles. The molecule has 1 rings (SSSR count). The van der Waals surface area contributed by atoms with Crippen LogP contribution < -0.4 is 5.32 Å². The minimum absolute atomic E-state index is 0.0433.